The van der Waals surface area contributed by atoms with Gasteiger partial charge in [0.05, 0.1) is 0 Å². The van der Waals surface area contributed by atoms with Crippen molar-refractivity contribution in [3.05, 3.63) is 30.3 Å². The molecule has 0 saturated carbocycles. The first-order valence-electron chi connectivity index (χ1n) is 3.72. The molecule has 0 saturated heterocycles. The normalized spacial score (nSPS) is 16.3. The van der Waals surface area contributed by atoms with E-state index in [1.54, 1.807) is 6.07 Å². The van der Waals surface area contributed by atoms with Crippen LogP contribution in [-0.2, 0) is 9.09 Å². The molecule has 6 heteroatoms. The van der Waals surface area contributed by atoms with Crippen molar-refractivity contribution in [3.63, 3.8) is 0 Å². The van der Waals surface area contributed by atoms with E-state index < -0.39 is 13.7 Å². The molecular formula is C8H8F3O2P. The van der Waals surface area contributed by atoms with Crippen molar-refractivity contribution in [1.29, 1.82) is 0 Å². The quantitative estimate of drug-likeness (QED) is 0.722. The molecule has 0 aliphatic rings. The van der Waals surface area contributed by atoms with Gasteiger partial charge < -0.3 is 0 Å². The molecule has 0 N–H and O–H groups in total. The lowest BCUT2D eigenvalue weighted by atomic mass is 10.4. The summed E-state index contributed by atoms with van der Waals surface area (Å²) in [6.07, 6.45) is -4.87. The molecule has 1 unspecified atom stereocenters. The minimum absolute atomic E-state index is 0.0531. The summed E-state index contributed by atoms with van der Waals surface area (Å²) in [5.74, 6) is 0. The fraction of sp³-hybridized carbons (Fsp3) is 0.250. The largest absolute Gasteiger partial charge is 0.528 e. The average molecular weight is 224 g/mol. The number of rotatable bonds is 2. The number of benzene rings is 1. The van der Waals surface area contributed by atoms with Crippen LogP contribution >= 0.6 is 7.37 Å². The van der Waals surface area contributed by atoms with Crippen LogP contribution in [-0.4, -0.2) is 13.0 Å². The number of hydrogen-bond donors (Lipinski definition) is 0. The maximum absolute atomic E-state index is 11.8. The summed E-state index contributed by atoms with van der Waals surface area (Å²) in [5, 5.41) is 0.0531. The molecule has 2 nitrogen and oxygen atoms in total. The lowest BCUT2D eigenvalue weighted by Gasteiger charge is -2.15. The molecule has 1 atom stereocenters. The van der Waals surface area contributed by atoms with Gasteiger partial charge in [-0.05, 0) is 12.1 Å². The molecule has 0 heterocycles. The number of hydrogen-bond acceptors (Lipinski definition) is 2. The first-order valence-corrected chi connectivity index (χ1v) is 5.79. The van der Waals surface area contributed by atoms with E-state index in [1.165, 1.54) is 24.3 Å². The highest BCUT2D eigenvalue weighted by Gasteiger charge is 2.38. The number of alkyl halides is 3. The maximum Gasteiger partial charge on any atom is 0.528 e. The van der Waals surface area contributed by atoms with Gasteiger partial charge in [0.25, 0.3) is 0 Å². The van der Waals surface area contributed by atoms with Crippen LogP contribution in [0.3, 0.4) is 0 Å². The Labute approximate surface area is 79.1 Å². The van der Waals surface area contributed by atoms with Gasteiger partial charge in [0.2, 0.25) is 7.37 Å². The molecule has 0 amide bonds. The first-order chi connectivity index (χ1) is 6.31. The van der Waals surface area contributed by atoms with Crippen molar-refractivity contribution in [2.75, 3.05) is 6.66 Å². The van der Waals surface area contributed by atoms with Crippen molar-refractivity contribution in [2.24, 2.45) is 0 Å². The van der Waals surface area contributed by atoms with Crippen LogP contribution in [0.2, 0.25) is 0 Å². The summed E-state index contributed by atoms with van der Waals surface area (Å²) in [6, 6.07) is 7.31. The second-order valence-electron chi connectivity index (χ2n) is 2.72. The smallest absolute Gasteiger partial charge is 0.288 e. The third kappa shape index (κ3) is 3.16. The van der Waals surface area contributed by atoms with Gasteiger partial charge in [-0.15, -0.1) is 13.2 Å². The molecule has 0 aromatic heterocycles. The predicted octanol–water partition coefficient (Wildman–Crippen LogP) is 2.76. The van der Waals surface area contributed by atoms with Crippen LogP contribution in [0.5, 0.6) is 0 Å². The molecule has 1 aromatic carbocycles. The van der Waals surface area contributed by atoms with Gasteiger partial charge in [-0.3, -0.25) is 4.57 Å². The molecule has 0 spiro atoms. The van der Waals surface area contributed by atoms with Crippen molar-refractivity contribution < 1.29 is 22.3 Å². The van der Waals surface area contributed by atoms with Crippen molar-refractivity contribution in [3.8, 4) is 0 Å². The standard InChI is InChI=1S/C8H8F3O2P/c1-14(12,13-8(9,10)11)7-5-3-2-4-6-7/h2-6H,1H3. The lowest BCUT2D eigenvalue weighted by molar-refractivity contribution is -0.273. The Hall–Kier alpha value is -0.800. The van der Waals surface area contributed by atoms with Gasteiger partial charge in [-0.1, -0.05) is 18.2 Å². The second-order valence-corrected chi connectivity index (χ2v) is 5.11. The van der Waals surface area contributed by atoms with E-state index in [-0.39, 0.29) is 5.30 Å². The van der Waals surface area contributed by atoms with Crippen LogP contribution in [0, 0.1) is 0 Å². The Morgan fingerprint density at radius 2 is 1.71 bits per heavy atom. The first kappa shape index (κ1) is 11.3. The van der Waals surface area contributed by atoms with Crippen LogP contribution in [0.1, 0.15) is 0 Å². The van der Waals surface area contributed by atoms with Gasteiger partial charge in [0, 0.05) is 12.0 Å². The van der Waals surface area contributed by atoms with E-state index in [0.29, 0.717) is 0 Å². The molecule has 78 valence electrons. The Morgan fingerprint density at radius 1 is 1.21 bits per heavy atom. The molecule has 0 bridgehead atoms. The topological polar surface area (TPSA) is 26.3 Å². The summed E-state index contributed by atoms with van der Waals surface area (Å²) in [4.78, 5) is 0. The maximum atomic E-state index is 11.8. The summed E-state index contributed by atoms with van der Waals surface area (Å²) in [5.41, 5.74) is 0. The minimum atomic E-state index is -4.87. The van der Waals surface area contributed by atoms with E-state index in [0.717, 1.165) is 6.66 Å². The fourth-order valence-electron chi connectivity index (χ4n) is 0.949. The van der Waals surface area contributed by atoms with Crippen LogP contribution in [0.4, 0.5) is 13.2 Å². The second kappa shape index (κ2) is 3.75. The van der Waals surface area contributed by atoms with E-state index in [9.17, 15) is 17.7 Å². The highest BCUT2D eigenvalue weighted by molar-refractivity contribution is 7.66. The molecule has 0 radical (unpaired) electrons. The van der Waals surface area contributed by atoms with E-state index in [1.807, 2.05) is 0 Å². The fourth-order valence-corrected chi connectivity index (χ4v) is 2.16. The summed E-state index contributed by atoms with van der Waals surface area (Å²) < 4.78 is 50.6. The Bertz CT molecular complexity index is 347. The van der Waals surface area contributed by atoms with E-state index in [4.69, 9.17) is 0 Å². The van der Waals surface area contributed by atoms with Crippen LogP contribution in [0.15, 0.2) is 30.3 Å². The molecule has 1 aromatic rings. The summed E-state index contributed by atoms with van der Waals surface area (Å²) >= 11 is 0. The lowest BCUT2D eigenvalue weighted by Crippen LogP contribution is -2.16. The Kier molecular flexibility index (Phi) is 3.02. The molecule has 1 rings (SSSR count). The highest BCUT2D eigenvalue weighted by atomic mass is 31.2. The third-order valence-electron chi connectivity index (χ3n) is 1.50. The predicted molar refractivity (Wildman–Crippen MR) is 46.7 cm³/mol. The zero-order chi connectivity index (χ0) is 10.8. The van der Waals surface area contributed by atoms with Crippen LogP contribution < -0.4 is 5.30 Å². The monoisotopic (exact) mass is 224 g/mol. The minimum Gasteiger partial charge on any atom is -0.288 e. The van der Waals surface area contributed by atoms with Gasteiger partial charge in [-0.2, -0.15) is 0 Å². The Balaban J connectivity index is 2.93. The molecule has 14 heavy (non-hydrogen) atoms. The van der Waals surface area contributed by atoms with Crippen LogP contribution in [0.25, 0.3) is 0 Å². The molecule has 0 fully saturated rings. The summed E-state index contributed by atoms with van der Waals surface area (Å²) in [7, 11) is -3.79. The van der Waals surface area contributed by atoms with Crippen molar-refractivity contribution >= 4 is 12.7 Å². The number of halogens is 3. The summed E-state index contributed by atoms with van der Waals surface area (Å²) in [6.45, 7) is 0.940. The average Bonchev–Trinajstić information content (AvgIpc) is 2.01. The zero-order valence-corrected chi connectivity index (χ0v) is 8.18. The Morgan fingerprint density at radius 3 is 2.14 bits per heavy atom. The zero-order valence-electron chi connectivity index (χ0n) is 7.28. The van der Waals surface area contributed by atoms with Gasteiger partial charge in [-0.25, -0.2) is 4.52 Å². The molecule has 0 aliphatic carbocycles. The van der Waals surface area contributed by atoms with Crippen molar-refractivity contribution in [2.45, 2.75) is 6.36 Å². The SMILES string of the molecule is CP(=O)(OC(F)(F)F)c1ccccc1. The molecular weight excluding hydrogens is 216 g/mol. The third-order valence-corrected chi connectivity index (χ3v) is 3.29. The van der Waals surface area contributed by atoms with E-state index in [2.05, 4.69) is 4.52 Å². The highest BCUT2D eigenvalue weighted by Crippen LogP contribution is 2.46. The van der Waals surface area contributed by atoms with Crippen molar-refractivity contribution in [1.82, 2.24) is 0 Å². The van der Waals surface area contributed by atoms with Gasteiger partial charge in [0.15, 0.2) is 0 Å². The van der Waals surface area contributed by atoms with Gasteiger partial charge in [0.1, 0.15) is 0 Å². The van der Waals surface area contributed by atoms with Gasteiger partial charge >= 0.3 is 6.36 Å². The van der Waals surface area contributed by atoms with E-state index >= 15 is 0 Å². The molecule has 0 aliphatic heterocycles.